The van der Waals surface area contributed by atoms with Crippen LogP contribution in [0.25, 0.3) is 42.4 Å². The van der Waals surface area contributed by atoms with Gasteiger partial charge in [-0.2, -0.15) is 0 Å². The van der Waals surface area contributed by atoms with Crippen LogP contribution in [0.3, 0.4) is 0 Å². The Morgan fingerprint density at radius 1 is 0.435 bits per heavy atom. The van der Waals surface area contributed by atoms with Gasteiger partial charge in [0.1, 0.15) is 0 Å². The van der Waals surface area contributed by atoms with Crippen LogP contribution in [0.15, 0.2) is 168 Å². The summed E-state index contributed by atoms with van der Waals surface area (Å²) in [5, 5.41) is 6.44. The summed E-state index contributed by atoms with van der Waals surface area (Å²) in [5.74, 6) is 0. The summed E-state index contributed by atoms with van der Waals surface area (Å²) in [6, 6.07) is 58.2. The Bertz CT molecular complexity index is 2440. The Balaban J connectivity index is 1.08. The highest BCUT2D eigenvalue weighted by molar-refractivity contribution is 7.99. The number of thiophene rings is 1. The second kappa shape index (κ2) is 9.95. The van der Waals surface area contributed by atoms with Crippen LogP contribution in [0.4, 0.5) is 11.4 Å². The minimum Gasteiger partial charge on any atom is -0.356 e. The second-order valence-corrected chi connectivity index (χ2v) is 14.3. The highest BCUT2D eigenvalue weighted by Gasteiger charge is 2.50. The van der Waals surface area contributed by atoms with Gasteiger partial charge in [-0.3, -0.25) is 0 Å². The maximum atomic E-state index is 3.77. The predicted molar refractivity (Wildman–Crippen MR) is 196 cm³/mol. The molecule has 1 aliphatic heterocycles. The first-order valence-electron chi connectivity index (χ1n) is 15.7. The molecule has 216 valence electrons. The Hall–Kier alpha value is -5.09. The molecule has 0 radical (unpaired) electrons. The molecule has 3 heteroatoms. The summed E-state index contributed by atoms with van der Waals surface area (Å²) in [7, 11) is 0. The summed E-state index contributed by atoms with van der Waals surface area (Å²) in [6.45, 7) is 0. The van der Waals surface area contributed by atoms with Gasteiger partial charge < -0.3 is 5.32 Å². The smallest absolute Gasteiger partial charge is 0.0736 e. The molecule has 0 unspecified atom stereocenters. The lowest BCUT2D eigenvalue weighted by atomic mass is 9.67. The molecule has 46 heavy (non-hydrogen) atoms. The molecule has 8 aromatic rings. The molecule has 0 bridgehead atoms. The summed E-state index contributed by atoms with van der Waals surface area (Å²) >= 11 is 3.75. The van der Waals surface area contributed by atoms with E-state index in [4.69, 9.17) is 0 Å². The fourth-order valence-electron chi connectivity index (χ4n) is 7.85. The zero-order chi connectivity index (χ0) is 30.2. The van der Waals surface area contributed by atoms with Crippen molar-refractivity contribution >= 4 is 54.6 Å². The number of benzene rings is 7. The molecule has 1 aliphatic carbocycles. The Morgan fingerprint density at radius 2 is 1.04 bits per heavy atom. The van der Waals surface area contributed by atoms with E-state index in [0.717, 1.165) is 11.4 Å². The molecule has 10 rings (SSSR count). The van der Waals surface area contributed by atoms with E-state index in [2.05, 4.69) is 163 Å². The van der Waals surface area contributed by atoms with Crippen molar-refractivity contribution in [1.29, 1.82) is 0 Å². The number of hydrogen-bond acceptors (Lipinski definition) is 3. The van der Waals surface area contributed by atoms with Gasteiger partial charge in [-0.05, 0) is 93.0 Å². The van der Waals surface area contributed by atoms with Gasteiger partial charge in [0.2, 0.25) is 0 Å². The van der Waals surface area contributed by atoms with Gasteiger partial charge in [-0.25, -0.2) is 0 Å². The van der Waals surface area contributed by atoms with Gasteiger partial charge in [-0.15, -0.1) is 11.3 Å². The monoisotopic (exact) mass is 621 g/mol. The van der Waals surface area contributed by atoms with Crippen molar-refractivity contribution in [1.82, 2.24) is 0 Å². The number of rotatable bonds is 3. The number of fused-ring (bicyclic) bond motifs is 12. The number of anilines is 2. The molecule has 7 aromatic carbocycles. The molecule has 0 saturated carbocycles. The first-order valence-corrected chi connectivity index (χ1v) is 17.3. The van der Waals surface area contributed by atoms with Crippen molar-refractivity contribution in [3.63, 3.8) is 0 Å². The van der Waals surface area contributed by atoms with Crippen molar-refractivity contribution in [2.45, 2.75) is 15.2 Å². The van der Waals surface area contributed by atoms with Crippen LogP contribution in [0.2, 0.25) is 0 Å². The van der Waals surface area contributed by atoms with E-state index in [9.17, 15) is 0 Å². The van der Waals surface area contributed by atoms with E-state index in [1.807, 2.05) is 23.1 Å². The predicted octanol–water partition coefficient (Wildman–Crippen LogP) is 12.3. The van der Waals surface area contributed by atoms with E-state index in [-0.39, 0.29) is 5.41 Å². The molecule has 1 N–H and O–H groups in total. The molecule has 2 heterocycles. The first kappa shape index (κ1) is 26.2. The molecule has 1 spiro atoms. The fourth-order valence-corrected chi connectivity index (χ4v) is 10.2. The third-order valence-electron chi connectivity index (χ3n) is 9.73. The van der Waals surface area contributed by atoms with Gasteiger partial charge >= 0.3 is 0 Å². The lowest BCUT2D eigenvalue weighted by Gasteiger charge is -2.39. The van der Waals surface area contributed by atoms with Crippen molar-refractivity contribution in [2.75, 3.05) is 5.32 Å². The largest absolute Gasteiger partial charge is 0.356 e. The minimum atomic E-state index is -0.367. The molecule has 0 atom stereocenters. The van der Waals surface area contributed by atoms with Crippen LogP contribution in [-0.2, 0) is 5.41 Å². The van der Waals surface area contributed by atoms with Crippen LogP contribution in [-0.4, -0.2) is 0 Å². The Morgan fingerprint density at radius 3 is 1.85 bits per heavy atom. The zero-order valence-corrected chi connectivity index (χ0v) is 26.5. The Kier molecular flexibility index (Phi) is 5.66. The van der Waals surface area contributed by atoms with Crippen LogP contribution >= 0.6 is 23.1 Å². The molecule has 2 aliphatic rings. The lowest BCUT2D eigenvalue weighted by Crippen LogP contribution is -2.32. The topological polar surface area (TPSA) is 12.0 Å². The van der Waals surface area contributed by atoms with Crippen LogP contribution in [0.5, 0.6) is 0 Å². The molecule has 0 amide bonds. The van der Waals surface area contributed by atoms with E-state index in [1.54, 1.807) is 0 Å². The van der Waals surface area contributed by atoms with Gasteiger partial charge in [-0.1, -0.05) is 121 Å². The summed E-state index contributed by atoms with van der Waals surface area (Å²) in [6.07, 6.45) is 0. The van der Waals surface area contributed by atoms with Crippen molar-refractivity contribution in [2.24, 2.45) is 0 Å². The summed E-state index contributed by atoms with van der Waals surface area (Å²) < 4.78 is 2.67. The normalized spacial score (nSPS) is 13.7. The van der Waals surface area contributed by atoms with E-state index in [0.29, 0.717) is 0 Å². The van der Waals surface area contributed by atoms with Gasteiger partial charge in [0, 0.05) is 41.3 Å². The molecule has 0 fully saturated rings. The molecular formula is C43H27NS2. The zero-order valence-electron chi connectivity index (χ0n) is 24.8. The Labute approximate surface area is 276 Å². The van der Waals surface area contributed by atoms with E-state index >= 15 is 0 Å². The van der Waals surface area contributed by atoms with Crippen molar-refractivity contribution in [3.8, 4) is 22.3 Å². The van der Waals surface area contributed by atoms with Crippen LogP contribution in [0.1, 0.15) is 22.3 Å². The summed E-state index contributed by atoms with van der Waals surface area (Å²) in [5.41, 5.74) is 12.4. The third kappa shape index (κ3) is 3.64. The maximum Gasteiger partial charge on any atom is 0.0736 e. The summed E-state index contributed by atoms with van der Waals surface area (Å²) in [4.78, 5) is 2.63. The lowest BCUT2D eigenvalue weighted by molar-refractivity contribution is 0.723. The standard InChI is InChI=1S/C43H27NS2/c1-4-14-34-31(10-1)32-11-2-5-15-35(32)43(34)36-16-6-8-18-39(36)46-40-25-24-29(26-37(40)43)44-28-22-20-27(21-23-28)30-13-9-19-41-42(30)33-12-3-7-17-38(33)45-41/h1-26,44H. The quantitative estimate of drug-likeness (QED) is 0.211. The SMILES string of the molecule is c1ccc2c(c1)Sc1ccc(Nc3ccc(-c4cccc5sc6ccccc6c45)cc3)cc1C21c2ccccc2-c2ccccc21. The molecular weight excluding hydrogens is 595 g/mol. The third-order valence-corrected chi connectivity index (χ3v) is 12.0. The minimum absolute atomic E-state index is 0.367. The average Bonchev–Trinajstić information content (AvgIpc) is 3.64. The van der Waals surface area contributed by atoms with Crippen molar-refractivity contribution in [3.05, 3.63) is 180 Å². The highest BCUT2D eigenvalue weighted by atomic mass is 32.2. The average molecular weight is 622 g/mol. The maximum absolute atomic E-state index is 3.77. The van der Waals surface area contributed by atoms with E-state index < -0.39 is 0 Å². The van der Waals surface area contributed by atoms with Crippen LogP contribution in [0, 0.1) is 0 Å². The van der Waals surface area contributed by atoms with Crippen molar-refractivity contribution < 1.29 is 0 Å². The fraction of sp³-hybridized carbons (Fsp3) is 0.0233. The highest BCUT2D eigenvalue weighted by Crippen LogP contribution is 2.62. The van der Waals surface area contributed by atoms with Crippen LogP contribution < -0.4 is 5.32 Å². The molecule has 0 saturated heterocycles. The van der Waals surface area contributed by atoms with Gasteiger partial charge in [0.15, 0.2) is 0 Å². The number of nitrogens with one attached hydrogen (secondary N) is 1. The number of hydrogen-bond donors (Lipinski definition) is 1. The molecule has 1 nitrogen and oxygen atoms in total. The first-order chi connectivity index (χ1) is 22.8. The second-order valence-electron chi connectivity index (χ2n) is 12.1. The van der Waals surface area contributed by atoms with E-state index in [1.165, 1.54) is 74.5 Å². The van der Waals surface area contributed by atoms with Gasteiger partial charge in [0.05, 0.1) is 5.41 Å². The van der Waals surface area contributed by atoms with Gasteiger partial charge in [0.25, 0.3) is 0 Å². The molecule has 1 aromatic heterocycles.